The first-order valence-electron chi connectivity index (χ1n) is 7.13. The Hall–Kier alpha value is -1.86. The molecule has 2 rings (SSSR count). The molecule has 0 atom stereocenters. The Morgan fingerprint density at radius 3 is 2.68 bits per heavy atom. The maximum atomic E-state index is 11.4. The van der Waals surface area contributed by atoms with Gasteiger partial charge in [-0.3, -0.25) is 0 Å². The average Bonchev–Trinajstić information content (AvgIpc) is 2.80. The maximum Gasteiger partial charge on any atom is 0.352 e. The molecule has 0 aliphatic rings. The molecule has 0 bridgehead atoms. The molecule has 0 spiro atoms. The number of aromatic nitrogens is 1. The minimum atomic E-state index is -3.39. The second-order valence-corrected chi connectivity index (χ2v) is 7.19. The summed E-state index contributed by atoms with van der Waals surface area (Å²) in [6.45, 7) is 2.07. The number of carboxylic acid groups (broad SMARTS) is 1. The molecule has 2 aromatic rings. The van der Waals surface area contributed by atoms with E-state index in [1.165, 1.54) is 0 Å². The summed E-state index contributed by atoms with van der Waals surface area (Å²) in [4.78, 5) is 14.2. The number of nitrogens with one attached hydrogen (secondary N) is 2. The molecule has 6 nitrogen and oxygen atoms in total. The topological polar surface area (TPSA) is 99.3 Å². The molecule has 22 heavy (non-hydrogen) atoms. The number of carboxylic acids is 1. The fourth-order valence-corrected chi connectivity index (χ4v) is 2.81. The van der Waals surface area contributed by atoms with Gasteiger partial charge in [-0.1, -0.05) is 19.4 Å². The molecule has 1 aromatic carbocycles. The van der Waals surface area contributed by atoms with Crippen LogP contribution in [0.3, 0.4) is 0 Å². The summed E-state index contributed by atoms with van der Waals surface area (Å²) in [5.41, 5.74) is 2.30. The number of fused-ring (bicyclic) bond motifs is 1. The molecule has 0 saturated carbocycles. The Morgan fingerprint density at radius 2 is 2.09 bits per heavy atom. The average molecular weight is 324 g/mol. The Bertz CT molecular complexity index is 793. The molecule has 0 unspecified atom stereocenters. The molecule has 0 aliphatic carbocycles. The van der Waals surface area contributed by atoms with E-state index in [0.29, 0.717) is 11.1 Å². The van der Waals surface area contributed by atoms with Crippen LogP contribution < -0.4 is 4.72 Å². The summed E-state index contributed by atoms with van der Waals surface area (Å²) in [5, 5.41) is 10.1. The van der Waals surface area contributed by atoms with Crippen LogP contribution in [0.15, 0.2) is 18.2 Å². The van der Waals surface area contributed by atoms with E-state index < -0.39 is 16.0 Å². The Balaban J connectivity index is 2.47. The smallest absolute Gasteiger partial charge is 0.352 e. The summed E-state index contributed by atoms with van der Waals surface area (Å²) in [6, 6.07) is 5.75. The standard InChI is InChI=1S/C15H20N2O4S/c1-3-4-5-10-6-7-13-11(8-10)12(9-16-22(2,20)21)14(17-13)15(18)19/h6-8,16-17H,3-5,9H2,1-2H3,(H,18,19). The zero-order valence-electron chi connectivity index (χ0n) is 12.6. The first kappa shape index (κ1) is 16.5. The second kappa shape index (κ2) is 6.50. The summed E-state index contributed by atoms with van der Waals surface area (Å²) in [6.07, 6.45) is 4.10. The van der Waals surface area contributed by atoms with Crippen molar-refractivity contribution < 1.29 is 18.3 Å². The third-order valence-corrected chi connectivity index (χ3v) is 4.18. The van der Waals surface area contributed by atoms with E-state index in [9.17, 15) is 18.3 Å². The van der Waals surface area contributed by atoms with Gasteiger partial charge < -0.3 is 10.1 Å². The Kier molecular flexibility index (Phi) is 4.87. The Labute approximate surface area is 129 Å². The van der Waals surface area contributed by atoms with Crippen molar-refractivity contribution in [3.8, 4) is 0 Å². The molecule has 1 heterocycles. The fourth-order valence-electron chi connectivity index (χ4n) is 2.40. The van der Waals surface area contributed by atoms with Crippen molar-refractivity contribution in [2.75, 3.05) is 6.26 Å². The van der Waals surface area contributed by atoms with Crippen LogP contribution in [-0.4, -0.2) is 30.7 Å². The number of unbranched alkanes of at least 4 members (excludes halogenated alkanes) is 1. The molecule has 120 valence electrons. The third kappa shape index (κ3) is 3.86. The molecule has 0 saturated heterocycles. The van der Waals surface area contributed by atoms with Crippen LogP contribution in [0.25, 0.3) is 10.9 Å². The summed E-state index contributed by atoms with van der Waals surface area (Å²) in [7, 11) is -3.39. The van der Waals surface area contributed by atoms with Crippen LogP contribution >= 0.6 is 0 Å². The van der Waals surface area contributed by atoms with Crippen molar-refractivity contribution in [3.05, 3.63) is 35.0 Å². The number of aryl methyl sites for hydroxylation is 1. The van der Waals surface area contributed by atoms with E-state index >= 15 is 0 Å². The minimum Gasteiger partial charge on any atom is -0.477 e. The quantitative estimate of drug-likeness (QED) is 0.727. The second-order valence-electron chi connectivity index (χ2n) is 5.36. The first-order valence-corrected chi connectivity index (χ1v) is 9.02. The lowest BCUT2D eigenvalue weighted by molar-refractivity contribution is 0.0690. The Morgan fingerprint density at radius 1 is 1.36 bits per heavy atom. The van der Waals surface area contributed by atoms with Crippen LogP contribution in [0, 0.1) is 0 Å². The van der Waals surface area contributed by atoms with E-state index in [-0.39, 0.29) is 12.2 Å². The lowest BCUT2D eigenvalue weighted by Gasteiger charge is -2.04. The molecule has 0 fully saturated rings. The predicted octanol–water partition coefficient (Wildman–Crippen LogP) is 2.26. The monoisotopic (exact) mass is 324 g/mol. The highest BCUT2D eigenvalue weighted by Crippen LogP contribution is 2.25. The van der Waals surface area contributed by atoms with Crippen LogP contribution in [0.2, 0.25) is 0 Å². The largest absolute Gasteiger partial charge is 0.477 e. The van der Waals surface area contributed by atoms with Gasteiger partial charge in [-0.15, -0.1) is 0 Å². The number of sulfonamides is 1. The summed E-state index contributed by atoms with van der Waals surface area (Å²) < 4.78 is 24.9. The van der Waals surface area contributed by atoms with Crippen LogP contribution in [-0.2, 0) is 23.0 Å². The lowest BCUT2D eigenvalue weighted by Crippen LogP contribution is -2.22. The van der Waals surface area contributed by atoms with Crippen LogP contribution in [0.1, 0.15) is 41.4 Å². The van der Waals surface area contributed by atoms with Gasteiger partial charge in [0.25, 0.3) is 0 Å². The normalized spacial score (nSPS) is 11.9. The van der Waals surface area contributed by atoms with Gasteiger partial charge in [-0.2, -0.15) is 0 Å². The van der Waals surface area contributed by atoms with E-state index in [1.807, 2.05) is 18.2 Å². The van der Waals surface area contributed by atoms with Crippen molar-refractivity contribution in [1.82, 2.24) is 9.71 Å². The van der Waals surface area contributed by atoms with Crippen molar-refractivity contribution in [3.63, 3.8) is 0 Å². The highest BCUT2D eigenvalue weighted by atomic mass is 32.2. The molecular formula is C15H20N2O4S. The zero-order chi connectivity index (χ0) is 16.3. The van der Waals surface area contributed by atoms with Gasteiger partial charge in [0.05, 0.1) is 6.26 Å². The highest BCUT2D eigenvalue weighted by Gasteiger charge is 2.18. The van der Waals surface area contributed by atoms with Gasteiger partial charge >= 0.3 is 5.97 Å². The van der Waals surface area contributed by atoms with Gasteiger partial charge in [0.2, 0.25) is 10.0 Å². The number of carbonyl (C=O) groups is 1. The number of aromatic carboxylic acids is 1. The van der Waals surface area contributed by atoms with Crippen molar-refractivity contribution in [1.29, 1.82) is 0 Å². The molecule has 7 heteroatoms. The number of benzene rings is 1. The van der Waals surface area contributed by atoms with Gasteiger partial charge in [-0.25, -0.2) is 17.9 Å². The van der Waals surface area contributed by atoms with E-state index in [2.05, 4.69) is 16.6 Å². The minimum absolute atomic E-state index is 0.0267. The number of H-pyrrole nitrogens is 1. The summed E-state index contributed by atoms with van der Waals surface area (Å²) in [5.74, 6) is -1.10. The van der Waals surface area contributed by atoms with Gasteiger partial charge in [0.15, 0.2) is 0 Å². The highest BCUT2D eigenvalue weighted by molar-refractivity contribution is 7.88. The zero-order valence-corrected chi connectivity index (χ0v) is 13.5. The molecule has 3 N–H and O–H groups in total. The number of hydrogen-bond acceptors (Lipinski definition) is 3. The maximum absolute atomic E-state index is 11.4. The fraction of sp³-hybridized carbons (Fsp3) is 0.400. The molecule has 0 radical (unpaired) electrons. The van der Waals surface area contributed by atoms with E-state index in [4.69, 9.17) is 0 Å². The SMILES string of the molecule is CCCCc1ccc2[nH]c(C(=O)O)c(CNS(C)(=O)=O)c2c1. The van der Waals surface area contributed by atoms with Gasteiger partial charge in [-0.05, 0) is 30.5 Å². The molecular weight excluding hydrogens is 304 g/mol. The van der Waals surface area contributed by atoms with Crippen LogP contribution in [0.5, 0.6) is 0 Å². The number of hydrogen-bond donors (Lipinski definition) is 3. The first-order chi connectivity index (χ1) is 10.3. The van der Waals surface area contributed by atoms with Crippen molar-refractivity contribution in [2.24, 2.45) is 0 Å². The number of rotatable bonds is 7. The molecule has 0 aliphatic heterocycles. The molecule has 1 aromatic heterocycles. The third-order valence-electron chi connectivity index (χ3n) is 3.51. The predicted molar refractivity (Wildman–Crippen MR) is 85.6 cm³/mol. The lowest BCUT2D eigenvalue weighted by atomic mass is 10.0. The summed E-state index contributed by atoms with van der Waals surface area (Å²) >= 11 is 0. The molecule has 0 amide bonds. The van der Waals surface area contributed by atoms with E-state index in [1.54, 1.807) is 0 Å². The van der Waals surface area contributed by atoms with Crippen LogP contribution in [0.4, 0.5) is 0 Å². The van der Waals surface area contributed by atoms with Crippen molar-refractivity contribution >= 4 is 26.9 Å². The number of aromatic amines is 1. The van der Waals surface area contributed by atoms with Gasteiger partial charge in [0.1, 0.15) is 5.69 Å². The van der Waals surface area contributed by atoms with Crippen molar-refractivity contribution in [2.45, 2.75) is 32.7 Å². The van der Waals surface area contributed by atoms with E-state index in [0.717, 1.165) is 36.5 Å². The van der Waals surface area contributed by atoms with Gasteiger partial charge in [0, 0.05) is 23.0 Å².